The van der Waals surface area contributed by atoms with E-state index in [2.05, 4.69) is 20.9 Å². The highest BCUT2D eigenvalue weighted by Crippen LogP contribution is 2.51. The Morgan fingerprint density at radius 3 is 2.69 bits per heavy atom. The quantitative estimate of drug-likeness (QED) is 0.376. The predicted molar refractivity (Wildman–Crippen MR) is 154 cm³/mol. The smallest absolute Gasteiger partial charge is 0.253 e. The number of carbonyl (C=O) groups is 1. The van der Waals surface area contributed by atoms with Crippen LogP contribution in [0.3, 0.4) is 0 Å². The van der Waals surface area contributed by atoms with Crippen LogP contribution >= 0.6 is 23.4 Å². The minimum atomic E-state index is -0.0937. The van der Waals surface area contributed by atoms with Crippen LogP contribution in [0, 0.1) is 12.3 Å². The summed E-state index contributed by atoms with van der Waals surface area (Å²) in [5.41, 5.74) is 17.6. The fourth-order valence-corrected chi connectivity index (χ4v) is 7.12. The van der Waals surface area contributed by atoms with Crippen LogP contribution in [0.1, 0.15) is 46.1 Å². The number of nitrogens with zero attached hydrogens (tertiary/aromatic N) is 6. The summed E-state index contributed by atoms with van der Waals surface area (Å²) in [5.74, 6) is 1.18. The normalized spacial score (nSPS) is 18.1. The molecular weight excluding hydrogens is 532 g/mol. The molecule has 1 aliphatic carbocycles. The average molecular weight is 563 g/mol. The zero-order valence-electron chi connectivity index (χ0n) is 22.2. The van der Waals surface area contributed by atoms with Gasteiger partial charge in [0.25, 0.3) is 5.91 Å². The molecule has 1 aliphatic heterocycles. The van der Waals surface area contributed by atoms with Crippen molar-refractivity contribution in [3.8, 4) is 0 Å². The average Bonchev–Trinajstić information content (AvgIpc) is 3.51. The molecule has 1 atom stereocenters. The summed E-state index contributed by atoms with van der Waals surface area (Å²) >= 11 is 7.92. The molecule has 0 saturated carbocycles. The number of nitrogens with two attached hydrogens (primary N) is 2. The van der Waals surface area contributed by atoms with E-state index >= 15 is 0 Å². The topological polar surface area (TPSA) is 119 Å². The number of hydrogen-bond donors (Lipinski definition) is 2. The number of hydrogen-bond acceptors (Lipinski definition) is 8. The molecule has 11 heteroatoms. The van der Waals surface area contributed by atoms with Gasteiger partial charge in [0.1, 0.15) is 5.82 Å². The molecule has 0 bridgehead atoms. The number of aryl methyl sites for hydroxylation is 1. The zero-order valence-corrected chi connectivity index (χ0v) is 23.8. The Labute approximate surface area is 236 Å². The standard InChI is InChI=1S/C28H31ClN8OS/c1-16-22(39-20-6-9-32-24(31)21(20)29)25-33-10-13-37(25)27(34-16)36-11-7-28(8-12-36)15-18-5-4-17(26(38)35(2)3)14-19(18)23(28)30/h4-6,9-10,13-14,23H,7-8,11-12,15,30H2,1-3H3,(H2,31,32)/t23-/m1/s1. The number of amides is 1. The van der Waals surface area contributed by atoms with E-state index in [4.69, 9.17) is 28.1 Å². The summed E-state index contributed by atoms with van der Waals surface area (Å²) in [6.45, 7) is 3.68. The number of benzene rings is 1. The molecule has 1 saturated heterocycles. The number of fused-ring (bicyclic) bond motifs is 2. The Morgan fingerprint density at radius 1 is 1.18 bits per heavy atom. The van der Waals surface area contributed by atoms with Crippen molar-refractivity contribution in [2.24, 2.45) is 11.1 Å². The highest BCUT2D eigenvalue weighted by molar-refractivity contribution is 7.99. The van der Waals surface area contributed by atoms with Crippen molar-refractivity contribution in [2.45, 2.75) is 42.0 Å². The molecule has 4 heterocycles. The largest absolute Gasteiger partial charge is 0.382 e. The number of carbonyl (C=O) groups excluding carboxylic acids is 1. The van der Waals surface area contributed by atoms with E-state index in [9.17, 15) is 4.79 Å². The van der Waals surface area contributed by atoms with Crippen LogP contribution in [0.15, 0.2) is 52.6 Å². The Bertz CT molecular complexity index is 1590. The minimum Gasteiger partial charge on any atom is -0.382 e. The van der Waals surface area contributed by atoms with E-state index in [1.165, 1.54) is 17.3 Å². The van der Waals surface area contributed by atoms with Gasteiger partial charge < -0.3 is 21.3 Å². The van der Waals surface area contributed by atoms with Gasteiger partial charge in [0.05, 0.1) is 15.6 Å². The zero-order chi connectivity index (χ0) is 27.5. The second kappa shape index (κ2) is 9.69. The Balaban J connectivity index is 1.25. The maximum Gasteiger partial charge on any atom is 0.253 e. The molecule has 3 aromatic heterocycles. The third kappa shape index (κ3) is 4.31. The first-order valence-corrected chi connectivity index (χ1v) is 14.1. The predicted octanol–water partition coefficient (Wildman–Crippen LogP) is 4.36. The third-order valence-corrected chi connectivity index (χ3v) is 9.88. The van der Waals surface area contributed by atoms with Crippen molar-refractivity contribution in [3.63, 3.8) is 0 Å². The van der Waals surface area contributed by atoms with Gasteiger partial charge in [-0.15, -0.1) is 0 Å². The molecular formula is C28H31ClN8OS. The summed E-state index contributed by atoms with van der Waals surface area (Å²) in [5, 5.41) is 0.434. The minimum absolute atomic E-state index is 0.00263. The summed E-state index contributed by atoms with van der Waals surface area (Å²) < 4.78 is 2.05. The molecule has 4 aromatic rings. The maximum atomic E-state index is 12.5. The van der Waals surface area contributed by atoms with Crippen LogP contribution in [-0.4, -0.2) is 57.3 Å². The number of pyridine rings is 1. The number of piperidine rings is 1. The van der Waals surface area contributed by atoms with E-state index in [0.29, 0.717) is 16.4 Å². The van der Waals surface area contributed by atoms with Crippen molar-refractivity contribution >= 4 is 46.7 Å². The first kappa shape index (κ1) is 25.9. The van der Waals surface area contributed by atoms with Crippen LogP contribution in [0.25, 0.3) is 5.65 Å². The second-order valence-electron chi connectivity index (χ2n) is 10.7. The molecule has 9 nitrogen and oxygen atoms in total. The van der Waals surface area contributed by atoms with Crippen molar-refractivity contribution in [3.05, 3.63) is 70.3 Å². The summed E-state index contributed by atoms with van der Waals surface area (Å²) in [6, 6.07) is 7.78. The number of rotatable bonds is 4. The van der Waals surface area contributed by atoms with E-state index < -0.39 is 0 Å². The van der Waals surface area contributed by atoms with Crippen LogP contribution in [0.5, 0.6) is 0 Å². The summed E-state index contributed by atoms with van der Waals surface area (Å²) in [6.07, 6.45) is 8.23. The molecule has 6 rings (SSSR count). The number of aromatic nitrogens is 4. The molecule has 1 amide bonds. The van der Waals surface area contributed by atoms with Gasteiger partial charge >= 0.3 is 0 Å². The fraction of sp³-hybridized carbons (Fsp3) is 0.357. The van der Waals surface area contributed by atoms with Crippen LogP contribution in [0.2, 0.25) is 5.02 Å². The van der Waals surface area contributed by atoms with Crippen molar-refractivity contribution in [2.75, 3.05) is 37.8 Å². The molecule has 1 aromatic carbocycles. The van der Waals surface area contributed by atoms with Crippen molar-refractivity contribution in [1.82, 2.24) is 24.3 Å². The monoisotopic (exact) mass is 562 g/mol. The van der Waals surface area contributed by atoms with Crippen molar-refractivity contribution < 1.29 is 4.79 Å². The highest BCUT2D eigenvalue weighted by atomic mass is 35.5. The Morgan fingerprint density at radius 2 is 1.95 bits per heavy atom. The lowest BCUT2D eigenvalue weighted by Crippen LogP contribution is -2.45. The van der Waals surface area contributed by atoms with Gasteiger partial charge in [-0.1, -0.05) is 29.4 Å². The molecule has 1 fully saturated rings. The van der Waals surface area contributed by atoms with E-state index in [1.54, 1.807) is 31.4 Å². The van der Waals surface area contributed by atoms with Crippen LogP contribution < -0.4 is 16.4 Å². The van der Waals surface area contributed by atoms with E-state index in [1.807, 2.05) is 35.7 Å². The summed E-state index contributed by atoms with van der Waals surface area (Å²) in [7, 11) is 3.55. The van der Waals surface area contributed by atoms with Gasteiger partial charge in [-0.3, -0.25) is 9.20 Å². The lowest BCUT2D eigenvalue weighted by Gasteiger charge is -2.42. The number of nitrogen functional groups attached to an aromatic ring is 1. The lowest BCUT2D eigenvalue weighted by molar-refractivity contribution is 0.0827. The van der Waals surface area contributed by atoms with Gasteiger partial charge in [-0.25, -0.2) is 15.0 Å². The third-order valence-electron chi connectivity index (χ3n) is 8.13. The van der Waals surface area contributed by atoms with Gasteiger partial charge in [0.15, 0.2) is 5.65 Å². The van der Waals surface area contributed by atoms with Gasteiger partial charge in [-0.05, 0) is 60.9 Å². The lowest BCUT2D eigenvalue weighted by atomic mass is 9.73. The first-order chi connectivity index (χ1) is 18.7. The molecule has 0 unspecified atom stereocenters. The van der Waals surface area contributed by atoms with E-state index in [0.717, 1.165) is 65.0 Å². The highest BCUT2D eigenvalue weighted by Gasteiger charge is 2.46. The molecule has 39 heavy (non-hydrogen) atoms. The van der Waals surface area contributed by atoms with Crippen molar-refractivity contribution in [1.29, 1.82) is 0 Å². The summed E-state index contributed by atoms with van der Waals surface area (Å²) in [4.78, 5) is 32.0. The Hall–Kier alpha value is -3.34. The first-order valence-electron chi connectivity index (χ1n) is 12.9. The van der Waals surface area contributed by atoms with E-state index in [-0.39, 0.29) is 17.4 Å². The van der Waals surface area contributed by atoms with Gasteiger partial charge in [-0.2, -0.15) is 0 Å². The van der Waals surface area contributed by atoms with Crippen LogP contribution in [-0.2, 0) is 6.42 Å². The SMILES string of the molecule is Cc1nc(N2CCC3(CC2)Cc2ccc(C(=O)N(C)C)cc2[C@H]3N)n2ccnc2c1Sc1ccnc(N)c1Cl. The fourth-order valence-electron chi connectivity index (χ4n) is 5.92. The van der Waals surface area contributed by atoms with Gasteiger partial charge in [0.2, 0.25) is 5.95 Å². The van der Waals surface area contributed by atoms with Crippen LogP contribution in [0.4, 0.5) is 11.8 Å². The molecule has 1 spiro atoms. The van der Waals surface area contributed by atoms with Gasteiger partial charge in [0, 0.05) is 62.3 Å². The maximum absolute atomic E-state index is 12.5. The molecule has 4 N–H and O–H groups in total. The molecule has 2 aliphatic rings. The number of anilines is 2. The Kier molecular flexibility index (Phi) is 6.44. The number of imidazole rings is 1. The number of halogens is 1. The molecule has 0 radical (unpaired) electrons. The second-order valence-corrected chi connectivity index (χ2v) is 12.1. The molecule has 202 valence electrons.